The smallest absolute Gasteiger partial charge is 0.0593 e. The fraction of sp³-hybridized carbons (Fsp3) is 1.00. The molecule has 2 rings (SSSR count). The minimum absolute atomic E-state index is 0.745. The van der Waals surface area contributed by atoms with E-state index in [1.54, 1.807) is 0 Å². The SMILES string of the molecule is CCCCOCCN1CC2CNCC2C1C. The monoisotopic (exact) mass is 226 g/mol. The van der Waals surface area contributed by atoms with E-state index in [0.29, 0.717) is 0 Å². The van der Waals surface area contributed by atoms with Crippen LogP contribution in [0.1, 0.15) is 26.7 Å². The molecule has 2 saturated heterocycles. The van der Waals surface area contributed by atoms with Crippen LogP contribution in [0.4, 0.5) is 0 Å². The topological polar surface area (TPSA) is 24.5 Å². The molecule has 2 fully saturated rings. The van der Waals surface area contributed by atoms with Gasteiger partial charge in [-0.2, -0.15) is 0 Å². The van der Waals surface area contributed by atoms with Gasteiger partial charge >= 0.3 is 0 Å². The Bertz CT molecular complexity index is 210. The lowest BCUT2D eigenvalue weighted by atomic mass is 9.95. The van der Waals surface area contributed by atoms with Crippen molar-refractivity contribution in [3.8, 4) is 0 Å². The van der Waals surface area contributed by atoms with Crippen molar-refractivity contribution in [1.29, 1.82) is 0 Å². The molecule has 2 aliphatic rings. The fourth-order valence-corrected chi connectivity index (χ4v) is 3.08. The number of likely N-dealkylation sites (tertiary alicyclic amines) is 1. The molecule has 0 aromatic heterocycles. The molecule has 3 heteroatoms. The van der Waals surface area contributed by atoms with Crippen molar-refractivity contribution in [2.45, 2.75) is 32.7 Å². The molecule has 3 unspecified atom stereocenters. The van der Waals surface area contributed by atoms with Crippen molar-refractivity contribution in [2.75, 3.05) is 39.4 Å². The fourth-order valence-electron chi connectivity index (χ4n) is 3.08. The van der Waals surface area contributed by atoms with Crippen LogP contribution >= 0.6 is 0 Å². The highest BCUT2D eigenvalue weighted by molar-refractivity contribution is 4.96. The summed E-state index contributed by atoms with van der Waals surface area (Å²) in [4.78, 5) is 2.61. The summed E-state index contributed by atoms with van der Waals surface area (Å²) in [6, 6.07) is 0.745. The standard InChI is InChI=1S/C13H26N2O/c1-3-4-6-16-7-5-15-10-12-8-14-9-13(12)11(15)2/h11-14H,3-10H2,1-2H3. The van der Waals surface area contributed by atoms with Crippen LogP contribution in [0.25, 0.3) is 0 Å². The molecule has 3 atom stereocenters. The van der Waals surface area contributed by atoms with Gasteiger partial charge in [-0.15, -0.1) is 0 Å². The van der Waals surface area contributed by atoms with Gasteiger partial charge < -0.3 is 10.1 Å². The predicted octanol–water partition coefficient (Wildman–Crippen LogP) is 1.34. The average Bonchev–Trinajstić information content (AvgIpc) is 2.83. The Hall–Kier alpha value is -0.120. The zero-order valence-corrected chi connectivity index (χ0v) is 10.7. The highest BCUT2D eigenvalue weighted by Crippen LogP contribution is 2.31. The number of nitrogens with zero attached hydrogens (tertiary/aromatic N) is 1. The Kier molecular flexibility index (Phi) is 4.62. The van der Waals surface area contributed by atoms with E-state index in [1.165, 1.54) is 32.5 Å². The van der Waals surface area contributed by atoms with Crippen molar-refractivity contribution in [3.63, 3.8) is 0 Å². The molecule has 1 N–H and O–H groups in total. The van der Waals surface area contributed by atoms with E-state index in [2.05, 4.69) is 24.1 Å². The van der Waals surface area contributed by atoms with Gasteiger partial charge in [0.2, 0.25) is 0 Å². The first-order valence-electron chi connectivity index (χ1n) is 6.85. The maximum atomic E-state index is 5.65. The van der Waals surface area contributed by atoms with Crippen LogP contribution < -0.4 is 5.32 Å². The number of rotatable bonds is 6. The third-order valence-corrected chi connectivity index (χ3v) is 4.22. The number of ether oxygens (including phenoxy) is 1. The Balaban J connectivity index is 1.63. The summed E-state index contributed by atoms with van der Waals surface area (Å²) < 4.78 is 5.65. The highest BCUT2D eigenvalue weighted by Gasteiger charge is 2.41. The molecule has 3 nitrogen and oxygen atoms in total. The second-order valence-corrected chi connectivity index (χ2v) is 5.28. The van der Waals surface area contributed by atoms with Crippen LogP contribution in [0.15, 0.2) is 0 Å². The third-order valence-electron chi connectivity index (χ3n) is 4.22. The summed E-state index contributed by atoms with van der Waals surface area (Å²) >= 11 is 0. The minimum Gasteiger partial charge on any atom is -0.380 e. The zero-order valence-electron chi connectivity index (χ0n) is 10.7. The highest BCUT2D eigenvalue weighted by atomic mass is 16.5. The molecule has 0 aromatic rings. The van der Waals surface area contributed by atoms with Gasteiger partial charge in [-0.25, -0.2) is 0 Å². The Labute approximate surface area is 99.5 Å². The van der Waals surface area contributed by atoms with Crippen molar-refractivity contribution >= 4 is 0 Å². The molecule has 2 heterocycles. The Morgan fingerprint density at radius 1 is 1.31 bits per heavy atom. The van der Waals surface area contributed by atoms with Crippen molar-refractivity contribution < 1.29 is 4.74 Å². The maximum absolute atomic E-state index is 5.65. The van der Waals surface area contributed by atoms with Crippen molar-refractivity contribution in [1.82, 2.24) is 10.2 Å². The molecule has 0 amide bonds. The lowest BCUT2D eigenvalue weighted by Crippen LogP contribution is -2.35. The van der Waals surface area contributed by atoms with Gasteiger partial charge in [0.15, 0.2) is 0 Å². The van der Waals surface area contributed by atoms with E-state index in [0.717, 1.165) is 37.6 Å². The van der Waals surface area contributed by atoms with E-state index >= 15 is 0 Å². The molecule has 0 radical (unpaired) electrons. The second kappa shape index (κ2) is 5.99. The summed E-state index contributed by atoms with van der Waals surface area (Å²) in [6.07, 6.45) is 2.43. The number of nitrogens with one attached hydrogen (secondary N) is 1. The van der Waals surface area contributed by atoms with E-state index in [-0.39, 0.29) is 0 Å². The third kappa shape index (κ3) is 2.76. The quantitative estimate of drug-likeness (QED) is 0.692. The molecule has 0 bridgehead atoms. The lowest BCUT2D eigenvalue weighted by molar-refractivity contribution is 0.0956. The maximum Gasteiger partial charge on any atom is 0.0593 e. The van der Waals surface area contributed by atoms with Crippen LogP contribution in [0.5, 0.6) is 0 Å². The van der Waals surface area contributed by atoms with E-state index in [1.807, 2.05) is 0 Å². The average molecular weight is 226 g/mol. The van der Waals surface area contributed by atoms with Gasteiger partial charge in [0.25, 0.3) is 0 Å². The van der Waals surface area contributed by atoms with Crippen molar-refractivity contribution in [2.24, 2.45) is 11.8 Å². The molecular formula is C13H26N2O. The molecule has 94 valence electrons. The molecule has 0 spiro atoms. The van der Waals surface area contributed by atoms with Crippen LogP contribution in [0, 0.1) is 11.8 Å². The first-order valence-corrected chi connectivity index (χ1v) is 6.85. The molecule has 0 saturated carbocycles. The Morgan fingerprint density at radius 3 is 2.94 bits per heavy atom. The summed E-state index contributed by atoms with van der Waals surface area (Å²) in [5.74, 6) is 1.78. The zero-order chi connectivity index (χ0) is 11.4. The van der Waals surface area contributed by atoms with Crippen molar-refractivity contribution in [3.05, 3.63) is 0 Å². The van der Waals surface area contributed by atoms with Crippen LogP contribution in [0.2, 0.25) is 0 Å². The summed E-state index contributed by atoms with van der Waals surface area (Å²) in [5.41, 5.74) is 0. The van der Waals surface area contributed by atoms with Crippen LogP contribution in [-0.4, -0.2) is 50.3 Å². The van der Waals surface area contributed by atoms with E-state index in [9.17, 15) is 0 Å². The predicted molar refractivity (Wildman–Crippen MR) is 66.6 cm³/mol. The minimum atomic E-state index is 0.745. The van der Waals surface area contributed by atoms with Gasteiger partial charge in [-0.05, 0) is 38.3 Å². The van der Waals surface area contributed by atoms with Gasteiger partial charge in [-0.1, -0.05) is 13.3 Å². The van der Waals surface area contributed by atoms with Crippen LogP contribution in [0.3, 0.4) is 0 Å². The van der Waals surface area contributed by atoms with Gasteiger partial charge in [0.1, 0.15) is 0 Å². The number of hydrogen-bond acceptors (Lipinski definition) is 3. The largest absolute Gasteiger partial charge is 0.380 e. The number of unbranched alkanes of at least 4 members (excludes halogenated alkanes) is 1. The number of hydrogen-bond donors (Lipinski definition) is 1. The summed E-state index contributed by atoms with van der Waals surface area (Å²) in [7, 11) is 0. The van der Waals surface area contributed by atoms with E-state index < -0.39 is 0 Å². The second-order valence-electron chi connectivity index (χ2n) is 5.28. The first kappa shape index (κ1) is 12.3. The van der Waals surface area contributed by atoms with Gasteiger partial charge in [0.05, 0.1) is 6.61 Å². The molecule has 0 aromatic carbocycles. The van der Waals surface area contributed by atoms with Crippen LogP contribution in [-0.2, 0) is 4.74 Å². The van der Waals surface area contributed by atoms with Gasteiger partial charge in [-0.3, -0.25) is 4.90 Å². The normalized spacial score (nSPS) is 34.5. The summed E-state index contributed by atoms with van der Waals surface area (Å²) in [5, 5.41) is 3.50. The molecule has 16 heavy (non-hydrogen) atoms. The van der Waals surface area contributed by atoms with Gasteiger partial charge in [0, 0.05) is 25.7 Å². The molecular weight excluding hydrogens is 200 g/mol. The molecule has 2 aliphatic heterocycles. The molecule has 0 aliphatic carbocycles. The Morgan fingerprint density at radius 2 is 2.19 bits per heavy atom. The van der Waals surface area contributed by atoms with E-state index in [4.69, 9.17) is 4.74 Å². The lowest BCUT2D eigenvalue weighted by Gasteiger charge is -2.23. The summed E-state index contributed by atoms with van der Waals surface area (Å²) in [6.45, 7) is 11.3. The first-order chi connectivity index (χ1) is 7.83. The number of fused-ring (bicyclic) bond motifs is 1.